The monoisotopic (exact) mass is 290 g/mol. The van der Waals surface area contributed by atoms with E-state index in [0.29, 0.717) is 0 Å². The van der Waals surface area contributed by atoms with Gasteiger partial charge in [-0.05, 0) is 55.5 Å². The molecule has 4 nitrogen and oxygen atoms in total. The van der Waals surface area contributed by atoms with Crippen molar-refractivity contribution in [3.63, 3.8) is 0 Å². The van der Waals surface area contributed by atoms with Gasteiger partial charge in [0.2, 0.25) is 0 Å². The minimum atomic E-state index is -0.228. The Morgan fingerprint density at radius 1 is 1.29 bits per heavy atom. The normalized spacial score (nSPS) is 27.0. The van der Waals surface area contributed by atoms with Crippen molar-refractivity contribution in [1.29, 1.82) is 0 Å². The van der Waals surface area contributed by atoms with Gasteiger partial charge in [-0.2, -0.15) is 0 Å². The first kappa shape index (κ1) is 14.8. The molecule has 116 valence electrons. The van der Waals surface area contributed by atoms with Crippen LogP contribution in [0.15, 0.2) is 18.2 Å². The quantitative estimate of drug-likeness (QED) is 0.886. The van der Waals surface area contributed by atoms with Gasteiger partial charge in [-0.25, -0.2) is 0 Å². The van der Waals surface area contributed by atoms with E-state index in [2.05, 4.69) is 22.3 Å². The molecule has 0 amide bonds. The first-order valence-electron chi connectivity index (χ1n) is 8.04. The second-order valence-electron chi connectivity index (χ2n) is 6.16. The molecule has 1 aromatic carbocycles. The number of hydrogen-bond donors (Lipinski definition) is 2. The fraction of sp³-hybridized carbons (Fsp3) is 0.647. The lowest BCUT2D eigenvalue weighted by molar-refractivity contribution is 0.0161. The summed E-state index contributed by atoms with van der Waals surface area (Å²) in [4.78, 5) is 2.49. The topological polar surface area (TPSA) is 44.7 Å². The van der Waals surface area contributed by atoms with Crippen molar-refractivity contribution in [2.24, 2.45) is 0 Å². The van der Waals surface area contributed by atoms with Crippen LogP contribution >= 0.6 is 0 Å². The second kappa shape index (κ2) is 6.34. The number of aliphatic hydroxyl groups is 1. The summed E-state index contributed by atoms with van der Waals surface area (Å²) in [5.74, 6) is 0.890. The fourth-order valence-electron chi connectivity index (χ4n) is 3.91. The molecule has 1 atom stereocenters. The number of methoxy groups -OCH3 is 1. The van der Waals surface area contributed by atoms with E-state index in [-0.39, 0.29) is 12.1 Å². The number of nitrogens with zero attached hydrogens (tertiary/aromatic N) is 1. The maximum absolute atomic E-state index is 10.3. The summed E-state index contributed by atoms with van der Waals surface area (Å²) in [5.41, 5.74) is 2.42. The van der Waals surface area contributed by atoms with Crippen molar-refractivity contribution < 1.29 is 9.84 Å². The van der Waals surface area contributed by atoms with Crippen molar-refractivity contribution in [2.45, 2.75) is 31.2 Å². The highest BCUT2D eigenvalue weighted by Gasteiger charge is 2.41. The Kier molecular flexibility index (Phi) is 4.48. The van der Waals surface area contributed by atoms with Gasteiger partial charge in [0.15, 0.2) is 0 Å². The van der Waals surface area contributed by atoms with Crippen LogP contribution in [0.2, 0.25) is 0 Å². The molecule has 0 aromatic heterocycles. The maximum atomic E-state index is 10.3. The van der Waals surface area contributed by atoms with Crippen molar-refractivity contribution in [3.8, 4) is 5.75 Å². The average Bonchev–Trinajstić information content (AvgIpc) is 2.83. The van der Waals surface area contributed by atoms with Crippen LogP contribution in [0, 0.1) is 0 Å². The molecule has 2 N–H and O–H groups in total. The Balaban J connectivity index is 2.02. The average molecular weight is 290 g/mol. The van der Waals surface area contributed by atoms with Gasteiger partial charge < -0.3 is 15.2 Å². The largest absolute Gasteiger partial charge is 0.497 e. The van der Waals surface area contributed by atoms with Crippen LogP contribution in [0.4, 0.5) is 0 Å². The fourth-order valence-corrected chi connectivity index (χ4v) is 3.91. The molecule has 1 saturated heterocycles. The molecule has 4 heteroatoms. The van der Waals surface area contributed by atoms with Crippen molar-refractivity contribution in [3.05, 3.63) is 29.3 Å². The van der Waals surface area contributed by atoms with E-state index in [4.69, 9.17) is 4.74 Å². The molecule has 0 spiro atoms. The molecule has 1 aromatic rings. The third-order valence-electron chi connectivity index (χ3n) is 5.06. The molecule has 21 heavy (non-hydrogen) atoms. The van der Waals surface area contributed by atoms with Crippen LogP contribution in [0.25, 0.3) is 0 Å². The summed E-state index contributed by atoms with van der Waals surface area (Å²) in [6.45, 7) is 4.30. The van der Waals surface area contributed by atoms with Gasteiger partial charge in [-0.15, -0.1) is 0 Å². The van der Waals surface area contributed by atoms with E-state index < -0.39 is 0 Å². The lowest BCUT2D eigenvalue weighted by Crippen LogP contribution is -2.52. The Labute approximate surface area is 127 Å². The van der Waals surface area contributed by atoms with Crippen LogP contribution in [-0.4, -0.2) is 49.9 Å². The SMILES string of the molecule is COc1ccc2c(c1)C(CO)(N1CCCNCC1)CCC2. The van der Waals surface area contributed by atoms with E-state index in [9.17, 15) is 5.11 Å². The summed E-state index contributed by atoms with van der Waals surface area (Å²) in [7, 11) is 1.71. The van der Waals surface area contributed by atoms with Crippen LogP contribution in [-0.2, 0) is 12.0 Å². The molecular formula is C17H26N2O2. The van der Waals surface area contributed by atoms with E-state index >= 15 is 0 Å². The molecule has 1 heterocycles. The molecule has 0 saturated carbocycles. The standard InChI is InChI=1S/C17H26N2O2/c1-21-15-6-5-14-4-2-7-17(13-20,16(14)12-15)19-10-3-8-18-9-11-19/h5-6,12,18,20H,2-4,7-11,13H2,1H3. The van der Waals surface area contributed by atoms with E-state index in [1.165, 1.54) is 11.1 Å². The molecule has 2 aliphatic rings. The number of aliphatic hydroxyl groups excluding tert-OH is 1. The predicted molar refractivity (Wildman–Crippen MR) is 83.8 cm³/mol. The van der Waals surface area contributed by atoms with Crippen molar-refractivity contribution in [1.82, 2.24) is 10.2 Å². The lowest BCUT2D eigenvalue weighted by atomic mass is 9.75. The van der Waals surface area contributed by atoms with Gasteiger partial charge in [-0.3, -0.25) is 4.90 Å². The van der Waals surface area contributed by atoms with Crippen LogP contribution < -0.4 is 10.1 Å². The van der Waals surface area contributed by atoms with Crippen LogP contribution in [0.5, 0.6) is 5.75 Å². The Morgan fingerprint density at radius 2 is 2.19 bits per heavy atom. The van der Waals surface area contributed by atoms with Gasteiger partial charge in [-0.1, -0.05) is 6.07 Å². The Hall–Kier alpha value is -1.10. The summed E-state index contributed by atoms with van der Waals surface area (Å²) in [6.07, 6.45) is 4.42. The first-order valence-corrected chi connectivity index (χ1v) is 8.04. The number of fused-ring (bicyclic) bond motifs is 1. The lowest BCUT2D eigenvalue weighted by Gasteiger charge is -2.46. The molecule has 1 aliphatic heterocycles. The number of aryl methyl sites for hydroxylation is 1. The molecule has 1 aliphatic carbocycles. The number of hydrogen-bond acceptors (Lipinski definition) is 4. The molecular weight excluding hydrogens is 264 g/mol. The molecule has 0 radical (unpaired) electrons. The Morgan fingerprint density at radius 3 is 3.00 bits per heavy atom. The summed E-state index contributed by atoms with van der Waals surface area (Å²) in [5, 5.41) is 13.7. The predicted octanol–water partition coefficient (Wildman–Crippen LogP) is 1.51. The number of benzene rings is 1. The molecule has 1 unspecified atom stereocenters. The van der Waals surface area contributed by atoms with Gasteiger partial charge in [0, 0.05) is 19.6 Å². The molecule has 1 fully saturated rings. The van der Waals surface area contributed by atoms with E-state index in [0.717, 1.165) is 57.6 Å². The number of rotatable bonds is 3. The zero-order valence-electron chi connectivity index (χ0n) is 12.9. The van der Waals surface area contributed by atoms with Gasteiger partial charge >= 0.3 is 0 Å². The third kappa shape index (κ3) is 2.68. The zero-order valence-corrected chi connectivity index (χ0v) is 12.9. The smallest absolute Gasteiger partial charge is 0.119 e. The number of ether oxygens (including phenoxy) is 1. The van der Waals surface area contributed by atoms with Gasteiger partial charge in [0.25, 0.3) is 0 Å². The van der Waals surface area contributed by atoms with E-state index in [1.807, 2.05) is 6.07 Å². The highest BCUT2D eigenvalue weighted by molar-refractivity contribution is 5.42. The second-order valence-corrected chi connectivity index (χ2v) is 6.16. The van der Waals surface area contributed by atoms with Gasteiger partial charge in [0.1, 0.15) is 5.75 Å². The van der Waals surface area contributed by atoms with Crippen LogP contribution in [0.3, 0.4) is 0 Å². The summed E-state index contributed by atoms with van der Waals surface area (Å²) >= 11 is 0. The summed E-state index contributed by atoms with van der Waals surface area (Å²) in [6, 6.07) is 6.35. The minimum absolute atomic E-state index is 0.188. The van der Waals surface area contributed by atoms with Crippen molar-refractivity contribution >= 4 is 0 Å². The van der Waals surface area contributed by atoms with Crippen LogP contribution in [0.1, 0.15) is 30.4 Å². The molecule has 0 bridgehead atoms. The summed E-state index contributed by atoms with van der Waals surface area (Å²) < 4.78 is 5.42. The zero-order chi connectivity index (χ0) is 14.7. The maximum Gasteiger partial charge on any atom is 0.119 e. The highest BCUT2D eigenvalue weighted by atomic mass is 16.5. The Bertz CT molecular complexity index is 484. The number of nitrogens with one attached hydrogen (secondary N) is 1. The first-order chi connectivity index (χ1) is 10.3. The van der Waals surface area contributed by atoms with Crippen molar-refractivity contribution in [2.75, 3.05) is 39.9 Å². The van der Waals surface area contributed by atoms with E-state index in [1.54, 1.807) is 7.11 Å². The molecule has 3 rings (SSSR count). The highest BCUT2D eigenvalue weighted by Crippen LogP contribution is 2.41. The van der Waals surface area contributed by atoms with Gasteiger partial charge in [0.05, 0.1) is 19.3 Å². The minimum Gasteiger partial charge on any atom is -0.497 e. The third-order valence-corrected chi connectivity index (χ3v) is 5.06.